The van der Waals surface area contributed by atoms with Crippen LogP contribution >= 0.6 is 0 Å². The Kier molecular flexibility index (Phi) is 43.2. The van der Waals surface area contributed by atoms with Gasteiger partial charge in [-0.25, -0.2) is 0 Å². The van der Waals surface area contributed by atoms with Crippen molar-refractivity contribution in [1.29, 1.82) is 0 Å². The Morgan fingerprint density at radius 2 is 0.678 bits per heavy atom. The van der Waals surface area contributed by atoms with Gasteiger partial charge in [0.1, 0.15) is 13.2 Å². The number of unbranched alkanes of at least 4 members (excludes halogenated alkanes) is 15. The third kappa shape index (κ3) is 44.8. The van der Waals surface area contributed by atoms with Gasteiger partial charge in [-0.3, -0.25) is 14.4 Å². The summed E-state index contributed by atoms with van der Waals surface area (Å²) in [4.78, 5) is 37.7. The molecule has 0 aliphatic heterocycles. The predicted molar refractivity (Wildman–Crippen MR) is 251 cm³/mol. The molecule has 330 valence electrons. The van der Waals surface area contributed by atoms with E-state index >= 15 is 0 Å². The molecule has 0 aromatic heterocycles. The van der Waals surface area contributed by atoms with E-state index in [0.29, 0.717) is 12.8 Å². The normalized spacial score (nSPS) is 13.2. The highest BCUT2D eigenvalue weighted by Crippen LogP contribution is 2.12. The Labute approximate surface area is 361 Å². The molecule has 0 spiro atoms. The molecule has 0 amide bonds. The number of rotatable bonds is 39. The maximum Gasteiger partial charge on any atom is 0.306 e. The largest absolute Gasteiger partial charge is 0.462 e. The van der Waals surface area contributed by atoms with Gasteiger partial charge in [0.2, 0.25) is 0 Å². The van der Waals surface area contributed by atoms with Crippen LogP contribution in [0.5, 0.6) is 0 Å². The SMILES string of the molecule is CC\C=C/C=C\C=C/C=C\C=C\C=C/C=C\CCCCCC(=O)OCC(COC(=O)CCCCCCC/C=C\CCCC)OC(=O)CCCCC/C=C\C=C/CCCC. The zero-order chi connectivity index (χ0) is 43.0. The minimum atomic E-state index is -0.815. The summed E-state index contributed by atoms with van der Waals surface area (Å²) in [5, 5.41) is 0. The van der Waals surface area contributed by atoms with Gasteiger partial charge in [-0.2, -0.15) is 0 Å². The van der Waals surface area contributed by atoms with Gasteiger partial charge < -0.3 is 14.2 Å². The van der Waals surface area contributed by atoms with Crippen LogP contribution in [-0.4, -0.2) is 37.2 Å². The van der Waals surface area contributed by atoms with Crippen molar-refractivity contribution < 1.29 is 28.6 Å². The molecule has 59 heavy (non-hydrogen) atoms. The van der Waals surface area contributed by atoms with Gasteiger partial charge in [-0.1, -0.05) is 200 Å². The third-order valence-electron chi connectivity index (χ3n) is 9.14. The van der Waals surface area contributed by atoms with Crippen molar-refractivity contribution in [3.8, 4) is 0 Å². The summed E-state index contributed by atoms with van der Waals surface area (Å²) in [6.07, 6.45) is 63.2. The Hall–Kier alpha value is -4.19. The van der Waals surface area contributed by atoms with E-state index in [2.05, 4.69) is 69.4 Å². The summed E-state index contributed by atoms with van der Waals surface area (Å²) in [6.45, 7) is 6.29. The minimum absolute atomic E-state index is 0.112. The Morgan fingerprint density at radius 1 is 0.356 bits per heavy atom. The molecule has 0 fully saturated rings. The molecular formula is C53H82O6. The molecule has 1 atom stereocenters. The molecule has 0 radical (unpaired) electrons. The quantitative estimate of drug-likeness (QED) is 0.0202. The zero-order valence-corrected chi connectivity index (χ0v) is 37.5. The number of hydrogen-bond donors (Lipinski definition) is 0. The first-order valence-corrected chi connectivity index (χ1v) is 23.2. The van der Waals surface area contributed by atoms with Gasteiger partial charge in [0, 0.05) is 19.3 Å². The first-order chi connectivity index (χ1) is 29.0. The Morgan fingerprint density at radius 3 is 1.14 bits per heavy atom. The first-order valence-electron chi connectivity index (χ1n) is 23.2. The first kappa shape index (κ1) is 54.8. The van der Waals surface area contributed by atoms with E-state index < -0.39 is 6.10 Å². The fraction of sp³-hybridized carbons (Fsp3) is 0.566. The molecule has 0 bridgehead atoms. The number of ether oxygens (including phenoxy) is 3. The highest BCUT2D eigenvalue weighted by atomic mass is 16.6. The van der Waals surface area contributed by atoms with Crippen LogP contribution in [0.15, 0.2) is 122 Å². The summed E-state index contributed by atoms with van der Waals surface area (Å²) in [5.74, 6) is -1.01. The maximum atomic E-state index is 12.7. The van der Waals surface area contributed by atoms with Gasteiger partial charge in [0.05, 0.1) is 0 Å². The van der Waals surface area contributed by atoms with Gasteiger partial charge in [0.25, 0.3) is 0 Å². The highest BCUT2D eigenvalue weighted by Gasteiger charge is 2.19. The van der Waals surface area contributed by atoms with Gasteiger partial charge in [0.15, 0.2) is 6.10 Å². The van der Waals surface area contributed by atoms with Crippen LogP contribution in [0.2, 0.25) is 0 Å². The average molecular weight is 815 g/mol. The van der Waals surface area contributed by atoms with Crippen LogP contribution in [-0.2, 0) is 28.6 Å². The number of carbonyl (C=O) groups excluding carboxylic acids is 3. The van der Waals surface area contributed by atoms with E-state index in [4.69, 9.17) is 14.2 Å². The van der Waals surface area contributed by atoms with Crippen LogP contribution in [0.4, 0.5) is 0 Å². The van der Waals surface area contributed by atoms with Crippen LogP contribution in [0.25, 0.3) is 0 Å². The molecule has 6 nitrogen and oxygen atoms in total. The number of carbonyl (C=O) groups is 3. The van der Waals surface area contributed by atoms with Gasteiger partial charge >= 0.3 is 17.9 Å². The van der Waals surface area contributed by atoms with Crippen molar-refractivity contribution >= 4 is 17.9 Å². The molecule has 0 rings (SSSR count). The second kappa shape index (κ2) is 46.5. The van der Waals surface area contributed by atoms with Crippen LogP contribution in [0.1, 0.15) is 175 Å². The van der Waals surface area contributed by atoms with E-state index in [0.717, 1.165) is 96.3 Å². The van der Waals surface area contributed by atoms with Crippen molar-refractivity contribution in [2.75, 3.05) is 13.2 Å². The lowest BCUT2D eigenvalue weighted by atomic mass is 10.1. The molecule has 1 unspecified atom stereocenters. The smallest absolute Gasteiger partial charge is 0.306 e. The number of allylic oxidation sites excluding steroid dienone is 20. The minimum Gasteiger partial charge on any atom is -0.462 e. The molecule has 0 aromatic rings. The fourth-order valence-corrected chi connectivity index (χ4v) is 5.62. The van der Waals surface area contributed by atoms with Crippen LogP contribution < -0.4 is 0 Å². The molecule has 6 heteroatoms. The average Bonchev–Trinajstić information content (AvgIpc) is 3.23. The summed E-state index contributed by atoms with van der Waals surface area (Å²) in [7, 11) is 0. The maximum absolute atomic E-state index is 12.7. The lowest BCUT2D eigenvalue weighted by molar-refractivity contribution is -0.167. The van der Waals surface area contributed by atoms with Gasteiger partial charge in [-0.05, 0) is 77.0 Å². The molecule has 0 aromatic carbocycles. The Bertz CT molecular complexity index is 1300. The van der Waals surface area contributed by atoms with E-state index in [1.807, 2.05) is 72.9 Å². The van der Waals surface area contributed by atoms with Crippen molar-refractivity contribution in [1.82, 2.24) is 0 Å². The van der Waals surface area contributed by atoms with Crippen molar-refractivity contribution in [2.45, 2.75) is 181 Å². The summed E-state index contributed by atoms with van der Waals surface area (Å²) in [5.41, 5.74) is 0. The topological polar surface area (TPSA) is 78.9 Å². The van der Waals surface area contributed by atoms with E-state index in [1.54, 1.807) is 0 Å². The van der Waals surface area contributed by atoms with E-state index in [9.17, 15) is 14.4 Å². The molecule has 0 N–H and O–H groups in total. The summed E-state index contributed by atoms with van der Waals surface area (Å²) >= 11 is 0. The number of hydrogen-bond acceptors (Lipinski definition) is 6. The standard InChI is InChI=1S/C53H82O6/c1-4-7-10-13-16-19-22-23-24-25-26-27-28-29-32-34-37-40-43-46-52(55)58-49-50(59-53(56)47-44-41-38-35-31-21-18-15-12-9-6-3)48-57-51(54)45-42-39-36-33-30-20-17-14-11-8-5-2/h7,10,13-19,21-29,31-32,50H,4-6,8-9,11-12,20,30,33-49H2,1-3H3/b10-7-,16-13-,17-14-,18-15-,22-19-,24-23-,26-25+,28-27-,31-21-,32-29-. The van der Waals surface area contributed by atoms with Crippen LogP contribution in [0.3, 0.4) is 0 Å². The van der Waals surface area contributed by atoms with E-state index in [-0.39, 0.29) is 37.5 Å². The fourth-order valence-electron chi connectivity index (χ4n) is 5.62. The number of esters is 3. The lowest BCUT2D eigenvalue weighted by Gasteiger charge is -2.18. The molecule has 0 saturated carbocycles. The predicted octanol–water partition coefficient (Wildman–Crippen LogP) is 15.0. The molecule has 0 heterocycles. The van der Waals surface area contributed by atoms with Crippen molar-refractivity contribution in [2.24, 2.45) is 0 Å². The highest BCUT2D eigenvalue weighted by molar-refractivity contribution is 5.71. The lowest BCUT2D eigenvalue weighted by Crippen LogP contribution is -2.30. The molecular weight excluding hydrogens is 733 g/mol. The molecule has 0 aliphatic carbocycles. The van der Waals surface area contributed by atoms with E-state index in [1.165, 1.54) is 38.5 Å². The van der Waals surface area contributed by atoms with Crippen LogP contribution in [0, 0.1) is 0 Å². The molecule has 0 saturated heterocycles. The molecule has 0 aliphatic rings. The van der Waals surface area contributed by atoms with Gasteiger partial charge in [-0.15, -0.1) is 0 Å². The van der Waals surface area contributed by atoms with Crippen molar-refractivity contribution in [3.05, 3.63) is 122 Å². The second-order valence-corrected chi connectivity index (χ2v) is 14.8. The monoisotopic (exact) mass is 815 g/mol. The summed E-state index contributed by atoms with van der Waals surface area (Å²) < 4.78 is 16.6. The summed E-state index contributed by atoms with van der Waals surface area (Å²) in [6, 6.07) is 0. The zero-order valence-electron chi connectivity index (χ0n) is 37.5. The Balaban J connectivity index is 4.54. The van der Waals surface area contributed by atoms with Crippen molar-refractivity contribution in [3.63, 3.8) is 0 Å². The second-order valence-electron chi connectivity index (χ2n) is 14.8. The third-order valence-corrected chi connectivity index (χ3v) is 9.14.